The minimum absolute atomic E-state index is 0.386. The number of halogens is 1. The van der Waals surface area contributed by atoms with Crippen LogP contribution in [0.1, 0.15) is 10.5 Å². The van der Waals surface area contributed by atoms with Gasteiger partial charge in [-0.2, -0.15) is 10.1 Å². The van der Waals surface area contributed by atoms with E-state index in [1.165, 1.54) is 11.0 Å². The molecule has 1 amide bonds. The molecule has 2 rings (SSSR count). The van der Waals surface area contributed by atoms with Gasteiger partial charge < -0.3 is 5.73 Å². The van der Waals surface area contributed by atoms with Crippen LogP contribution in [-0.4, -0.2) is 20.7 Å². The van der Waals surface area contributed by atoms with E-state index in [1.807, 2.05) is 6.07 Å². The van der Waals surface area contributed by atoms with Crippen molar-refractivity contribution in [2.24, 2.45) is 5.73 Å². The molecule has 2 aromatic rings. The molecule has 0 unspecified atom stereocenters. The van der Waals surface area contributed by atoms with Gasteiger partial charge in [-0.25, -0.2) is 4.68 Å². The molecule has 0 atom stereocenters. The number of hydrogen-bond donors (Lipinski definition) is 1. The molecule has 0 fully saturated rings. The third-order valence-corrected chi connectivity index (χ3v) is 2.70. The van der Waals surface area contributed by atoms with E-state index in [9.17, 15) is 9.59 Å². The summed E-state index contributed by atoms with van der Waals surface area (Å²) in [5, 5.41) is 3.84. The summed E-state index contributed by atoms with van der Waals surface area (Å²) in [6.07, 6.45) is 1.23. The van der Waals surface area contributed by atoms with Gasteiger partial charge >= 0.3 is 5.56 Å². The lowest BCUT2D eigenvalue weighted by atomic mass is 10.3. The number of carbonyl (C=O) groups is 1. The highest BCUT2D eigenvalue weighted by Gasteiger charge is 2.11. The molecule has 1 heterocycles. The Kier molecular flexibility index (Phi) is 3.01. The number of carbonyl (C=O) groups excluding carboxylic acids is 1. The molecule has 0 bridgehead atoms. The van der Waals surface area contributed by atoms with Crippen molar-refractivity contribution >= 4 is 21.8 Å². The quantitative estimate of drug-likeness (QED) is 0.872. The van der Waals surface area contributed by atoms with E-state index in [-0.39, 0.29) is 5.69 Å². The van der Waals surface area contributed by atoms with E-state index in [0.717, 1.165) is 4.47 Å². The summed E-state index contributed by atoms with van der Waals surface area (Å²) in [5.41, 5.74) is 4.57. The monoisotopic (exact) mass is 294 g/mol. The van der Waals surface area contributed by atoms with Gasteiger partial charge in [0.15, 0.2) is 0 Å². The van der Waals surface area contributed by atoms with Crippen molar-refractivity contribution in [2.75, 3.05) is 0 Å². The minimum Gasteiger partial charge on any atom is -0.364 e. The van der Waals surface area contributed by atoms with E-state index < -0.39 is 11.5 Å². The Morgan fingerprint density at radius 3 is 2.71 bits per heavy atom. The fourth-order valence-electron chi connectivity index (χ4n) is 1.25. The maximum absolute atomic E-state index is 11.2. The Labute approximate surface area is 104 Å². The minimum atomic E-state index is -0.899. The van der Waals surface area contributed by atoms with Crippen LogP contribution in [0.4, 0.5) is 0 Å². The SMILES string of the molecule is NC(=O)c1nn(-c2ccccc2Br)cnc1=O. The van der Waals surface area contributed by atoms with E-state index in [0.29, 0.717) is 5.69 Å². The van der Waals surface area contributed by atoms with Crippen LogP contribution in [0.3, 0.4) is 0 Å². The molecule has 0 aliphatic rings. The van der Waals surface area contributed by atoms with Gasteiger partial charge in [-0.1, -0.05) is 12.1 Å². The predicted octanol–water partition coefficient (Wildman–Crippen LogP) is 0.489. The third kappa shape index (κ3) is 2.23. The fourth-order valence-corrected chi connectivity index (χ4v) is 1.72. The first-order valence-electron chi connectivity index (χ1n) is 4.60. The van der Waals surface area contributed by atoms with Gasteiger partial charge in [-0.3, -0.25) is 9.59 Å². The molecule has 1 aromatic carbocycles. The number of aromatic nitrogens is 3. The smallest absolute Gasteiger partial charge is 0.304 e. The molecule has 0 spiro atoms. The van der Waals surface area contributed by atoms with Crippen molar-refractivity contribution in [3.05, 3.63) is 51.1 Å². The number of primary amides is 1. The van der Waals surface area contributed by atoms with Crippen molar-refractivity contribution in [3.8, 4) is 5.69 Å². The summed E-state index contributed by atoms with van der Waals surface area (Å²) in [6, 6.07) is 7.19. The van der Waals surface area contributed by atoms with E-state index in [4.69, 9.17) is 5.73 Å². The first-order chi connectivity index (χ1) is 8.09. The Hall–Kier alpha value is -2.02. The topological polar surface area (TPSA) is 90.9 Å². The molecule has 7 heteroatoms. The third-order valence-electron chi connectivity index (χ3n) is 2.03. The van der Waals surface area contributed by atoms with E-state index >= 15 is 0 Å². The second-order valence-electron chi connectivity index (χ2n) is 3.16. The Morgan fingerprint density at radius 2 is 2.06 bits per heavy atom. The number of rotatable bonds is 2. The fraction of sp³-hybridized carbons (Fsp3) is 0. The first kappa shape index (κ1) is 11.5. The van der Waals surface area contributed by atoms with Crippen molar-refractivity contribution in [1.82, 2.24) is 14.8 Å². The molecule has 2 N–H and O–H groups in total. The largest absolute Gasteiger partial charge is 0.364 e. The van der Waals surface area contributed by atoms with Gasteiger partial charge in [0.2, 0.25) is 5.69 Å². The van der Waals surface area contributed by atoms with Crippen LogP contribution >= 0.6 is 15.9 Å². The molecule has 0 radical (unpaired) electrons. The second-order valence-corrected chi connectivity index (χ2v) is 4.01. The lowest BCUT2D eigenvalue weighted by molar-refractivity contribution is 0.0992. The summed E-state index contributed by atoms with van der Waals surface area (Å²) >= 11 is 3.33. The molecule has 0 saturated carbocycles. The Balaban J connectivity index is 2.62. The van der Waals surface area contributed by atoms with Crippen LogP contribution in [-0.2, 0) is 0 Å². The van der Waals surface area contributed by atoms with Crippen LogP contribution in [0, 0.1) is 0 Å². The molecule has 17 heavy (non-hydrogen) atoms. The van der Waals surface area contributed by atoms with Gasteiger partial charge in [0.05, 0.1) is 5.69 Å². The first-order valence-corrected chi connectivity index (χ1v) is 5.39. The average Bonchev–Trinajstić information content (AvgIpc) is 2.30. The zero-order valence-corrected chi connectivity index (χ0v) is 10.1. The van der Waals surface area contributed by atoms with Gasteiger partial charge in [0, 0.05) is 4.47 Å². The molecule has 0 aliphatic carbocycles. The molecule has 0 aliphatic heterocycles. The molecular formula is C10H7BrN4O2. The highest BCUT2D eigenvalue weighted by Crippen LogP contribution is 2.18. The number of hydrogen-bond acceptors (Lipinski definition) is 4. The highest BCUT2D eigenvalue weighted by molar-refractivity contribution is 9.10. The highest BCUT2D eigenvalue weighted by atomic mass is 79.9. The van der Waals surface area contributed by atoms with Crippen LogP contribution in [0.25, 0.3) is 5.69 Å². The standard InChI is InChI=1S/C10H7BrN4O2/c11-6-3-1-2-4-7(6)15-5-13-10(17)8(14-15)9(12)16/h1-5H,(H2,12,16). The summed E-state index contributed by atoms with van der Waals surface area (Å²) in [4.78, 5) is 25.8. The maximum atomic E-state index is 11.2. The summed E-state index contributed by atoms with van der Waals surface area (Å²) in [7, 11) is 0. The molecule has 86 valence electrons. The van der Waals surface area contributed by atoms with Gasteiger partial charge in [0.25, 0.3) is 5.91 Å². The second kappa shape index (κ2) is 4.46. The van der Waals surface area contributed by atoms with Crippen LogP contribution < -0.4 is 11.3 Å². The van der Waals surface area contributed by atoms with Crippen molar-refractivity contribution in [2.45, 2.75) is 0 Å². The van der Waals surface area contributed by atoms with Crippen LogP contribution in [0.2, 0.25) is 0 Å². The van der Waals surface area contributed by atoms with Crippen LogP contribution in [0.15, 0.2) is 39.9 Å². The summed E-state index contributed by atoms with van der Waals surface area (Å²) in [5.74, 6) is -0.899. The molecule has 1 aromatic heterocycles. The number of benzene rings is 1. The molecule has 0 saturated heterocycles. The number of nitrogens with zero attached hydrogens (tertiary/aromatic N) is 3. The zero-order chi connectivity index (χ0) is 12.4. The van der Waals surface area contributed by atoms with Crippen molar-refractivity contribution in [1.29, 1.82) is 0 Å². The van der Waals surface area contributed by atoms with Crippen molar-refractivity contribution in [3.63, 3.8) is 0 Å². The van der Waals surface area contributed by atoms with Crippen molar-refractivity contribution < 1.29 is 4.79 Å². The molecule has 6 nitrogen and oxygen atoms in total. The van der Waals surface area contributed by atoms with Gasteiger partial charge in [-0.15, -0.1) is 0 Å². The Bertz CT molecular complexity index is 638. The summed E-state index contributed by atoms with van der Waals surface area (Å²) < 4.78 is 2.07. The van der Waals surface area contributed by atoms with Gasteiger partial charge in [-0.05, 0) is 28.1 Å². The lowest BCUT2D eigenvalue weighted by Gasteiger charge is -2.06. The zero-order valence-electron chi connectivity index (χ0n) is 8.50. The maximum Gasteiger partial charge on any atom is 0.304 e. The van der Waals surface area contributed by atoms with E-state index in [1.54, 1.807) is 18.2 Å². The van der Waals surface area contributed by atoms with Gasteiger partial charge in [0.1, 0.15) is 6.33 Å². The van der Waals surface area contributed by atoms with E-state index in [2.05, 4.69) is 26.0 Å². The number of amides is 1. The number of nitrogens with two attached hydrogens (primary N) is 1. The average molecular weight is 295 g/mol. The van der Waals surface area contributed by atoms with Crippen LogP contribution in [0.5, 0.6) is 0 Å². The number of para-hydroxylation sites is 1. The predicted molar refractivity (Wildman–Crippen MR) is 63.8 cm³/mol. The summed E-state index contributed by atoms with van der Waals surface area (Å²) in [6.45, 7) is 0. The Morgan fingerprint density at radius 1 is 1.35 bits per heavy atom. The lowest BCUT2D eigenvalue weighted by Crippen LogP contribution is -2.28. The molecular weight excluding hydrogens is 288 g/mol. The normalized spacial score (nSPS) is 10.2.